The van der Waals surface area contributed by atoms with Gasteiger partial charge < -0.3 is 0 Å². The van der Waals surface area contributed by atoms with Crippen molar-refractivity contribution in [2.45, 2.75) is 44.4 Å². The first-order valence-electron chi connectivity index (χ1n) is 9.58. The molecule has 0 unspecified atom stereocenters. The Morgan fingerprint density at radius 1 is 1.22 bits per heavy atom. The highest BCUT2D eigenvalue weighted by Crippen LogP contribution is 2.47. The molecular formula is C19H16BrCl2F3N6O. The Labute approximate surface area is 199 Å². The fraction of sp³-hybridized carbons (Fsp3) is 0.368. The molecule has 0 saturated heterocycles. The molecule has 170 valence electrons. The summed E-state index contributed by atoms with van der Waals surface area (Å²) in [7, 11) is 0. The summed E-state index contributed by atoms with van der Waals surface area (Å²) in [6.07, 6.45) is -1.60. The number of aryl methyl sites for hydroxylation is 1. The van der Waals surface area contributed by atoms with Crippen LogP contribution in [0, 0.1) is 0 Å². The predicted octanol–water partition coefficient (Wildman–Crippen LogP) is 5.52. The molecule has 0 bridgehead atoms. The Balaban J connectivity index is 1.37. The largest absolute Gasteiger partial charge is 0.436 e. The number of halogens is 6. The van der Waals surface area contributed by atoms with Crippen LogP contribution in [0.3, 0.4) is 0 Å². The zero-order valence-electron chi connectivity index (χ0n) is 16.3. The predicted molar refractivity (Wildman–Crippen MR) is 116 cm³/mol. The normalized spacial score (nSPS) is 14.1. The third-order valence-corrected chi connectivity index (χ3v) is 6.35. The zero-order chi connectivity index (χ0) is 23.0. The van der Waals surface area contributed by atoms with Crippen LogP contribution in [0.1, 0.15) is 42.1 Å². The number of carbonyl (C=O) groups excluding carboxylic acids is 1. The van der Waals surface area contributed by atoms with Crippen LogP contribution in [0.4, 0.5) is 19.1 Å². The van der Waals surface area contributed by atoms with Crippen LogP contribution in [0.2, 0.25) is 10.0 Å². The van der Waals surface area contributed by atoms with Gasteiger partial charge >= 0.3 is 6.18 Å². The van der Waals surface area contributed by atoms with E-state index in [4.69, 9.17) is 23.2 Å². The molecule has 7 nitrogen and oxygen atoms in total. The number of hydrogen-bond donors (Lipinski definition) is 1. The van der Waals surface area contributed by atoms with Gasteiger partial charge in [0.2, 0.25) is 11.9 Å². The molecule has 3 aromatic rings. The second kappa shape index (κ2) is 9.03. The number of carbonyl (C=O) groups is 1. The molecule has 1 N–H and O–H groups in total. The lowest BCUT2D eigenvalue weighted by molar-refractivity contribution is -0.142. The molecule has 0 aliphatic heterocycles. The SMILES string of the molecule is O=C(CCn1nc(C(F)(F)F)c(Br)c1C1CC1)Nc1ncn(Cc2ccc(Cl)c(Cl)c2)n1. The molecule has 2 aromatic heterocycles. The molecule has 1 aromatic carbocycles. The van der Waals surface area contributed by atoms with E-state index in [-0.39, 0.29) is 29.3 Å². The fourth-order valence-electron chi connectivity index (χ4n) is 3.20. The standard InChI is InChI=1S/C19H16BrCl2F3N6O/c20-15-16(11-2-3-11)31(28-17(15)19(23,24)25)6-5-14(32)27-18-26-9-30(29-18)8-10-1-4-12(21)13(22)7-10/h1,4,7,9,11H,2-3,5-6,8H2,(H,27,29,32). The van der Waals surface area contributed by atoms with E-state index in [1.165, 1.54) is 15.7 Å². The molecule has 1 amide bonds. The number of benzene rings is 1. The number of aromatic nitrogens is 5. The summed E-state index contributed by atoms with van der Waals surface area (Å²) in [6.45, 7) is 0.377. The molecule has 1 fully saturated rings. The first-order valence-corrected chi connectivity index (χ1v) is 11.1. The minimum atomic E-state index is -4.57. The quantitative estimate of drug-likeness (QED) is 0.419. The molecule has 32 heavy (non-hydrogen) atoms. The van der Waals surface area contributed by atoms with Crippen molar-refractivity contribution in [2.75, 3.05) is 5.32 Å². The summed E-state index contributed by atoms with van der Waals surface area (Å²) >= 11 is 14.9. The van der Waals surface area contributed by atoms with E-state index in [0.29, 0.717) is 22.3 Å². The van der Waals surface area contributed by atoms with Gasteiger partial charge in [-0.2, -0.15) is 18.3 Å². The Bertz CT molecular complexity index is 1160. The topological polar surface area (TPSA) is 77.6 Å². The van der Waals surface area contributed by atoms with Gasteiger partial charge in [-0.1, -0.05) is 29.3 Å². The van der Waals surface area contributed by atoms with E-state index < -0.39 is 17.8 Å². The van der Waals surface area contributed by atoms with Gasteiger partial charge in [0, 0.05) is 12.3 Å². The number of rotatable bonds is 7. The number of nitrogens with zero attached hydrogens (tertiary/aromatic N) is 5. The minimum absolute atomic E-state index is 0.0102. The average Bonchev–Trinajstić information content (AvgIpc) is 3.35. The van der Waals surface area contributed by atoms with Crippen molar-refractivity contribution < 1.29 is 18.0 Å². The highest BCUT2D eigenvalue weighted by Gasteiger charge is 2.41. The summed E-state index contributed by atoms with van der Waals surface area (Å²) in [5.74, 6) is -0.316. The molecule has 1 saturated carbocycles. The molecule has 0 atom stereocenters. The summed E-state index contributed by atoms with van der Waals surface area (Å²) in [4.78, 5) is 16.3. The van der Waals surface area contributed by atoms with Gasteiger partial charge in [0.1, 0.15) is 6.33 Å². The maximum Gasteiger partial charge on any atom is 0.436 e. The summed E-state index contributed by atoms with van der Waals surface area (Å²) in [5, 5.41) is 11.3. The highest BCUT2D eigenvalue weighted by atomic mass is 79.9. The van der Waals surface area contributed by atoms with Crippen molar-refractivity contribution in [3.8, 4) is 0 Å². The highest BCUT2D eigenvalue weighted by molar-refractivity contribution is 9.10. The second-order valence-corrected chi connectivity index (χ2v) is 8.96. The van der Waals surface area contributed by atoms with E-state index >= 15 is 0 Å². The maximum absolute atomic E-state index is 13.2. The summed E-state index contributed by atoms with van der Waals surface area (Å²) < 4.78 is 42.3. The van der Waals surface area contributed by atoms with Gasteiger partial charge in [0.05, 0.1) is 33.3 Å². The molecule has 1 aliphatic rings. The van der Waals surface area contributed by atoms with E-state index in [9.17, 15) is 18.0 Å². The Kier molecular flexibility index (Phi) is 6.51. The number of anilines is 1. The van der Waals surface area contributed by atoms with Gasteiger partial charge in [-0.3, -0.25) is 14.8 Å². The van der Waals surface area contributed by atoms with Crippen molar-refractivity contribution in [3.63, 3.8) is 0 Å². The first kappa shape index (κ1) is 23.1. The van der Waals surface area contributed by atoms with E-state index in [2.05, 4.69) is 36.4 Å². The third-order valence-electron chi connectivity index (χ3n) is 4.83. The second-order valence-electron chi connectivity index (χ2n) is 7.36. The maximum atomic E-state index is 13.2. The Morgan fingerprint density at radius 3 is 2.62 bits per heavy atom. The van der Waals surface area contributed by atoms with Gasteiger partial charge in [0.15, 0.2) is 5.69 Å². The number of nitrogens with one attached hydrogen (secondary N) is 1. The molecule has 4 rings (SSSR count). The molecular weight excluding hydrogens is 536 g/mol. The zero-order valence-corrected chi connectivity index (χ0v) is 19.4. The number of alkyl halides is 3. The van der Waals surface area contributed by atoms with E-state index in [1.54, 1.807) is 18.2 Å². The van der Waals surface area contributed by atoms with Crippen LogP contribution >= 0.6 is 39.1 Å². The van der Waals surface area contributed by atoms with Gasteiger partial charge in [0.25, 0.3) is 0 Å². The smallest absolute Gasteiger partial charge is 0.293 e. The van der Waals surface area contributed by atoms with Gasteiger partial charge in [-0.15, -0.1) is 5.10 Å². The van der Waals surface area contributed by atoms with Crippen molar-refractivity contribution in [2.24, 2.45) is 0 Å². The Morgan fingerprint density at radius 2 is 1.97 bits per heavy atom. The van der Waals surface area contributed by atoms with Crippen molar-refractivity contribution >= 4 is 51.0 Å². The minimum Gasteiger partial charge on any atom is -0.293 e. The first-order chi connectivity index (χ1) is 15.1. The van der Waals surface area contributed by atoms with Crippen molar-refractivity contribution in [1.29, 1.82) is 0 Å². The Hall–Kier alpha value is -2.11. The third kappa shape index (κ3) is 5.26. The molecule has 0 radical (unpaired) electrons. The van der Waals surface area contributed by atoms with E-state index in [0.717, 1.165) is 18.4 Å². The summed E-state index contributed by atoms with van der Waals surface area (Å²) in [6, 6.07) is 5.17. The van der Waals surface area contributed by atoms with Crippen LogP contribution in [0.25, 0.3) is 0 Å². The molecule has 0 spiro atoms. The lowest BCUT2D eigenvalue weighted by atomic mass is 10.2. The van der Waals surface area contributed by atoms with Crippen LogP contribution in [0.15, 0.2) is 29.0 Å². The van der Waals surface area contributed by atoms with Gasteiger partial charge in [-0.05, 0) is 46.5 Å². The van der Waals surface area contributed by atoms with Crippen molar-refractivity contribution in [3.05, 3.63) is 56.0 Å². The van der Waals surface area contributed by atoms with Crippen LogP contribution in [-0.4, -0.2) is 30.5 Å². The molecule has 2 heterocycles. The van der Waals surface area contributed by atoms with Crippen LogP contribution in [0.5, 0.6) is 0 Å². The lowest BCUT2D eigenvalue weighted by Gasteiger charge is -2.07. The number of hydrogen-bond acceptors (Lipinski definition) is 4. The van der Waals surface area contributed by atoms with Crippen molar-refractivity contribution in [1.82, 2.24) is 24.5 Å². The lowest BCUT2D eigenvalue weighted by Crippen LogP contribution is -2.17. The van der Waals surface area contributed by atoms with E-state index in [1.807, 2.05) is 0 Å². The number of amides is 1. The average molecular weight is 552 g/mol. The van der Waals surface area contributed by atoms with Crippen LogP contribution < -0.4 is 5.32 Å². The fourth-order valence-corrected chi connectivity index (χ4v) is 4.35. The molecule has 13 heteroatoms. The van der Waals surface area contributed by atoms with Gasteiger partial charge in [-0.25, -0.2) is 9.67 Å². The van der Waals surface area contributed by atoms with Crippen LogP contribution in [-0.2, 0) is 24.1 Å². The summed E-state index contributed by atoms with van der Waals surface area (Å²) in [5.41, 5.74) is 0.358. The monoisotopic (exact) mass is 550 g/mol. The molecule has 1 aliphatic carbocycles.